The topological polar surface area (TPSA) is 21.3 Å². The standard InChI is InChI=1S/C16H14NO/c1-12-15(13-8-4-2-5-9-13)18-16(17-12)14-10-6-3-7-11-14/h2-11,17H,1H3. The fraction of sp³-hybridized carbons (Fsp3) is 0.0625. The van der Waals surface area contributed by atoms with Gasteiger partial charge < -0.3 is 10.1 Å². The Bertz CT molecular complexity index is 560. The number of ether oxygens (including phenoxy) is 1. The van der Waals surface area contributed by atoms with Gasteiger partial charge in [0.05, 0.1) is 5.70 Å². The number of hydrogen-bond donors (Lipinski definition) is 1. The summed E-state index contributed by atoms with van der Waals surface area (Å²) in [6, 6.07) is 20.2. The van der Waals surface area contributed by atoms with Gasteiger partial charge in [-0.1, -0.05) is 60.7 Å². The van der Waals surface area contributed by atoms with Crippen molar-refractivity contribution in [3.8, 4) is 0 Å². The molecule has 1 radical (unpaired) electrons. The van der Waals surface area contributed by atoms with Gasteiger partial charge in [0.25, 0.3) is 6.23 Å². The summed E-state index contributed by atoms with van der Waals surface area (Å²) in [5, 5.41) is 3.29. The Kier molecular flexibility index (Phi) is 2.77. The number of allylic oxidation sites excluding steroid dienone is 1. The second-order valence-corrected chi connectivity index (χ2v) is 4.24. The summed E-state index contributed by atoms with van der Waals surface area (Å²) in [6.45, 7) is 2.03. The number of rotatable bonds is 2. The molecule has 89 valence electrons. The van der Waals surface area contributed by atoms with Crippen LogP contribution >= 0.6 is 0 Å². The third-order valence-corrected chi connectivity index (χ3v) is 2.92. The first-order chi connectivity index (χ1) is 8.84. The van der Waals surface area contributed by atoms with Crippen molar-refractivity contribution in [1.29, 1.82) is 0 Å². The van der Waals surface area contributed by atoms with Crippen molar-refractivity contribution in [3.63, 3.8) is 0 Å². The first-order valence-electron chi connectivity index (χ1n) is 5.98. The van der Waals surface area contributed by atoms with E-state index in [0.29, 0.717) is 0 Å². The van der Waals surface area contributed by atoms with Crippen LogP contribution in [0.15, 0.2) is 66.4 Å². The molecule has 2 aromatic rings. The van der Waals surface area contributed by atoms with Gasteiger partial charge in [0.1, 0.15) is 5.76 Å². The minimum Gasteiger partial charge on any atom is -0.454 e. The molecule has 1 N–H and O–H groups in total. The van der Waals surface area contributed by atoms with Gasteiger partial charge >= 0.3 is 0 Å². The van der Waals surface area contributed by atoms with Crippen LogP contribution in [0.3, 0.4) is 0 Å². The fourth-order valence-corrected chi connectivity index (χ4v) is 2.02. The second kappa shape index (κ2) is 4.57. The highest BCUT2D eigenvalue weighted by atomic mass is 16.5. The van der Waals surface area contributed by atoms with E-state index >= 15 is 0 Å². The van der Waals surface area contributed by atoms with Crippen molar-refractivity contribution < 1.29 is 4.74 Å². The van der Waals surface area contributed by atoms with E-state index in [1.165, 1.54) is 0 Å². The fourth-order valence-electron chi connectivity index (χ4n) is 2.02. The van der Waals surface area contributed by atoms with Crippen molar-refractivity contribution in [2.24, 2.45) is 0 Å². The molecule has 0 saturated carbocycles. The zero-order chi connectivity index (χ0) is 12.4. The molecule has 1 aliphatic rings. The quantitative estimate of drug-likeness (QED) is 0.861. The Hall–Kier alpha value is -2.22. The van der Waals surface area contributed by atoms with Crippen LogP contribution in [0.1, 0.15) is 18.1 Å². The second-order valence-electron chi connectivity index (χ2n) is 4.24. The van der Waals surface area contributed by atoms with Crippen LogP contribution in [0.25, 0.3) is 5.76 Å². The van der Waals surface area contributed by atoms with Crippen LogP contribution in [0.4, 0.5) is 0 Å². The first kappa shape index (κ1) is 10.9. The lowest BCUT2D eigenvalue weighted by Gasteiger charge is -2.11. The van der Waals surface area contributed by atoms with Crippen LogP contribution in [0, 0.1) is 6.23 Å². The zero-order valence-electron chi connectivity index (χ0n) is 10.2. The largest absolute Gasteiger partial charge is 0.454 e. The van der Waals surface area contributed by atoms with E-state index in [0.717, 1.165) is 28.8 Å². The molecule has 3 rings (SSSR count). The van der Waals surface area contributed by atoms with Crippen LogP contribution < -0.4 is 5.32 Å². The molecule has 0 unspecified atom stereocenters. The van der Waals surface area contributed by atoms with E-state index in [1.807, 2.05) is 55.5 Å². The normalized spacial score (nSPS) is 15.4. The van der Waals surface area contributed by atoms with Crippen molar-refractivity contribution in [1.82, 2.24) is 5.32 Å². The van der Waals surface area contributed by atoms with E-state index < -0.39 is 0 Å². The van der Waals surface area contributed by atoms with Gasteiger partial charge in [-0.15, -0.1) is 0 Å². The van der Waals surface area contributed by atoms with E-state index in [1.54, 1.807) is 0 Å². The van der Waals surface area contributed by atoms with Gasteiger partial charge in [-0.25, -0.2) is 0 Å². The van der Waals surface area contributed by atoms with Crippen molar-refractivity contribution in [2.45, 2.75) is 6.92 Å². The summed E-state index contributed by atoms with van der Waals surface area (Å²) >= 11 is 0. The molecule has 0 aliphatic carbocycles. The number of benzene rings is 2. The molecular weight excluding hydrogens is 222 g/mol. The van der Waals surface area contributed by atoms with Crippen LogP contribution in [0.5, 0.6) is 0 Å². The molecule has 0 amide bonds. The summed E-state index contributed by atoms with van der Waals surface area (Å²) in [4.78, 5) is 0. The first-order valence-corrected chi connectivity index (χ1v) is 5.98. The van der Waals surface area contributed by atoms with Crippen LogP contribution in [0.2, 0.25) is 0 Å². The van der Waals surface area contributed by atoms with E-state index in [-0.39, 0.29) is 0 Å². The van der Waals surface area contributed by atoms with Crippen molar-refractivity contribution in [2.75, 3.05) is 0 Å². The minimum atomic E-state index is 0.798. The smallest absolute Gasteiger partial charge is 0.270 e. The lowest BCUT2D eigenvalue weighted by Crippen LogP contribution is -2.14. The van der Waals surface area contributed by atoms with Crippen molar-refractivity contribution >= 4 is 5.76 Å². The molecule has 0 fully saturated rings. The highest BCUT2D eigenvalue weighted by Gasteiger charge is 2.26. The Labute approximate surface area is 107 Å². The lowest BCUT2D eigenvalue weighted by atomic mass is 10.2. The number of hydrogen-bond acceptors (Lipinski definition) is 2. The highest BCUT2D eigenvalue weighted by molar-refractivity contribution is 5.66. The average Bonchev–Trinajstić information content (AvgIpc) is 2.83. The molecule has 0 aromatic heterocycles. The molecule has 2 aromatic carbocycles. The van der Waals surface area contributed by atoms with E-state index in [2.05, 4.69) is 17.4 Å². The number of nitrogens with one attached hydrogen (secondary N) is 1. The van der Waals surface area contributed by atoms with Gasteiger partial charge in [0, 0.05) is 11.1 Å². The monoisotopic (exact) mass is 236 g/mol. The lowest BCUT2D eigenvalue weighted by molar-refractivity contribution is 0.313. The maximum absolute atomic E-state index is 5.93. The third kappa shape index (κ3) is 1.97. The molecule has 0 atom stereocenters. The molecular formula is C16H14NO. The van der Waals surface area contributed by atoms with E-state index in [9.17, 15) is 0 Å². The maximum atomic E-state index is 5.93. The van der Waals surface area contributed by atoms with E-state index in [4.69, 9.17) is 4.74 Å². The predicted octanol–water partition coefficient (Wildman–Crippen LogP) is 3.53. The van der Waals surface area contributed by atoms with Gasteiger partial charge in [-0.3, -0.25) is 0 Å². The summed E-state index contributed by atoms with van der Waals surface area (Å²) in [7, 11) is 0. The van der Waals surface area contributed by atoms with Gasteiger partial charge in [0.2, 0.25) is 0 Å². The molecule has 0 saturated heterocycles. The average molecular weight is 236 g/mol. The molecule has 2 nitrogen and oxygen atoms in total. The minimum absolute atomic E-state index is 0.798. The molecule has 1 aliphatic heterocycles. The van der Waals surface area contributed by atoms with Gasteiger partial charge in [0.15, 0.2) is 0 Å². The SMILES string of the molecule is CC1=C(c2ccccc2)O[C](c2ccccc2)N1. The molecule has 18 heavy (non-hydrogen) atoms. The molecule has 0 spiro atoms. The van der Waals surface area contributed by atoms with Gasteiger partial charge in [-0.2, -0.15) is 0 Å². The van der Waals surface area contributed by atoms with Crippen molar-refractivity contribution in [3.05, 3.63) is 83.7 Å². The molecule has 2 heteroatoms. The summed E-state index contributed by atoms with van der Waals surface area (Å²) < 4.78 is 5.93. The predicted molar refractivity (Wildman–Crippen MR) is 72.0 cm³/mol. The zero-order valence-corrected chi connectivity index (χ0v) is 10.2. The summed E-state index contributed by atoms with van der Waals surface area (Å²) in [6.07, 6.45) is 0.798. The summed E-state index contributed by atoms with van der Waals surface area (Å²) in [5.74, 6) is 0.898. The molecule has 0 bridgehead atoms. The highest BCUT2D eigenvalue weighted by Crippen LogP contribution is 2.31. The van der Waals surface area contributed by atoms with Gasteiger partial charge in [-0.05, 0) is 6.92 Å². The third-order valence-electron chi connectivity index (χ3n) is 2.92. The Morgan fingerprint density at radius 2 is 1.33 bits per heavy atom. The Balaban J connectivity index is 1.86. The Morgan fingerprint density at radius 1 is 0.778 bits per heavy atom. The van der Waals surface area contributed by atoms with Crippen LogP contribution in [-0.4, -0.2) is 0 Å². The maximum Gasteiger partial charge on any atom is 0.270 e. The van der Waals surface area contributed by atoms with Crippen LogP contribution in [-0.2, 0) is 4.74 Å². The summed E-state index contributed by atoms with van der Waals surface area (Å²) in [5.41, 5.74) is 3.19. The Morgan fingerprint density at radius 3 is 1.94 bits per heavy atom. The molecule has 1 heterocycles.